The zero-order chi connectivity index (χ0) is 11.9. The van der Waals surface area contributed by atoms with Gasteiger partial charge in [0.2, 0.25) is 0 Å². The smallest absolute Gasteiger partial charge is 0.128 e. The van der Waals surface area contributed by atoms with Crippen molar-refractivity contribution in [1.82, 2.24) is 5.32 Å². The molecule has 1 aliphatic heterocycles. The number of thioether (sulfide) groups is 1. The van der Waals surface area contributed by atoms with E-state index in [2.05, 4.69) is 35.1 Å². The molecular formula is C12H15BrFNS. The number of hydrogen-bond donors (Lipinski definition) is 1. The Hall–Kier alpha value is -0.0600. The molecule has 1 nitrogen and oxygen atoms in total. The van der Waals surface area contributed by atoms with Gasteiger partial charge in [-0.05, 0) is 38.6 Å². The molecule has 0 fully saturated rings. The van der Waals surface area contributed by atoms with Crippen LogP contribution in [0.2, 0.25) is 0 Å². The number of halogens is 2. The number of hydrogen-bond acceptors (Lipinski definition) is 2. The summed E-state index contributed by atoms with van der Waals surface area (Å²) >= 11 is 5.36. The summed E-state index contributed by atoms with van der Waals surface area (Å²) in [4.78, 5) is 0. The second kappa shape index (κ2) is 4.31. The van der Waals surface area contributed by atoms with Crippen LogP contribution in [-0.4, -0.2) is 11.8 Å². The molecular weight excluding hydrogens is 289 g/mol. The highest BCUT2D eigenvalue weighted by atomic mass is 79.9. The lowest BCUT2D eigenvalue weighted by Gasteiger charge is -2.39. The van der Waals surface area contributed by atoms with Gasteiger partial charge in [-0.3, -0.25) is 0 Å². The van der Waals surface area contributed by atoms with E-state index in [9.17, 15) is 4.39 Å². The molecule has 1 aliphatic rings. The molecule has 1 atom stereocenters. The predicted molar refractivity (Wildman–Crippen MR) is 71.3 cm³/mol. The van der Waals surface area contributed by atoms with E-state index in [0.29, 0.717) is 0 Å². The Morgan fingerprint density at radius 2 is 2.19 bits per heavy atom. The van der Waals surface area contributed by atoms with Gasteiger partial charge in [0.15, 0.2) is 0 Å². The Bertz CT molecular complexity index is 420. The van der Waals surface area contributed by atoms with Crippen LogP contribution in [-0.2, 0) is 5.75 Å². The molecule has 1 unspecified atom stereocenters. The summed E-state index contributed by atoms with van der Waals surface area (Å²) in [5.41, 5.74) is 1.91. The van der Waals surface area contributed by atoms with Gasteiger partial charge in [0.1, 0.15) is 5.82 Å². The van der Waals surface area contributed by atoms with Crippen molar-refractivity contribution in [2.45, 2.75) is 30.4 Å². The van der Waals surface area contributed by atoms with Crippen molar-refractivity contribution < 1.29 is 4.39 Å². The summed E-state index contributed by atoms with van der Waals surface area (Å²) in [5, 5.41) is 3.24. The van der Waals surface area contributed by atoms with Crippen LogP contribution < -0.4 is 5.32 Å². The third-order valence-electron chi connectivity index (χ3n) is 3.11. The van der Waals surface area contributed by atoms with E-state index in [4.69, 9.17) is 0 Å². The molecule has 1 N–H and O–H groups in total. The molecule has 4 heteroatoms. The minimum Gasteiger partial charge on any atom is -0.312 e. The molecule has 0 saturated carbocycles. The third kappa shape index (κ3) is 1.91. The minimum atomic E-state index is -0.106. The maximum Gasteiger partial charge on any atom is 0.128 e. The summed E-state index contributed by atoms with van der Waals surface area (Å²) in [5.74, 6) is 0.754. The average Bonchev–Trinajstić information content (AvgIpc) is 2.22. The van der Waals surface area contributed by atoms with Gasteiger partial charge in [0.05, 0.1) is 0 Å². The molecule has 1 aromatic rings. The first-order valence-electron chi connectivity index (χ1n) is 5.25. The number of rotatable bonds is 1. The molecule has 0 amide bonds. The van der Waals surface area contributed by atoms with Gasteiger partial charge >= 0.3 is 0 Å². The largest absolute Gasteiger partial charge is 0.312 e. The number of fused-ring (bicyclic) bond motifs is 1. The second-order valence-electron chi connectivity index (χ2n) is 4.54. The van der Waals surface area contributed by atoms with E-state index in [-0.39, 0.29) is 16.6 Å². The Morgan fingerprint density at radius 3 is 2.81 bits per heavy atom. The first-order chi connectivity index (χ1) is 7.47. The van der Waals surface area contributed by atoms with Gasteiger partial charge in [-0.25, -0.2) is 4.39 Å². The lowest BCUT2D eigenvalue weighted by molar-refractivity contribution is 0.449. The highest BCUT2D eigenvalue weighted by Gasteiger charge is 2.38. The molecule has 1 heterocycles. The van der Waals surface area contributed by atoms with Crippen molar-refractivity contribution >= 4 is 27.7 Å². The van der Waals surface area contributed by atoms with Crippen molar-refractivity contribution in [3.63, 3.8) is 0 Å². The van der Waals surface area contributed by atoms with Gasteiger partial charge in [-0.2, -0.15) is 0 Å². The van der Waals surface area contributed by atoms with Crippen molar-refractivity contribution in [3.8, 4) is 0 Å². The Kier molecular flexibility index (Phi) is 3.34. The van der Waals surface area contributed by atoms with E-state index < -0.39 is 0 Å². The van der Waals surface area contributed by atoms with E-state index >= 15 is 0 Å². The summed E-state index contributed by atoms with van der Waals surface area (Å²) < 4.78 is 15.0. The van der Waals surface area contributed by atoms with E-state index in [1.54, 1.807) is 12.1 Å². The average molecular weight is 304 g/mol. The highest BCUT2D eigenvalue weighted by molar-refractivity contribution is 9.10. The summed E-state index contributed by atoms with van der Waals surface area (Å²) in [6.07, 6.45) is 0. The standard InChI is InChI=1S/C12H15BrFNS/c1-12(2)11(15-3)10-7(6-16-12)8(13)4-5-9(10)14/h4-5,11,15H,6H2,1-3H3. The van der Waals surface area contributed by atoms with Crippen molar-refractivity contribution in [2.75, 3.05) is 7.05 Å². The molecule has 0 saturated heterocycles. The fourth-order valence-electron chi connectivity index (χ4n) is 2.25. The molecule has 2 rings (SSSR count). The van der Waals surface area contributed by atoms with Gasteiger partial charge in [-0.15, -0.1) is 11.8 Å². The summed E-state index contributed by atoms with van der Waals surface area (Å²) in [7, 11) is 1.89. The van der Waals surface area contributed by atoms with Crippen molar-refractivity contribution in [1.29, 1.82) is 0 Å². The quantitative estimate of drug-likeness (QED) is 0.845. The SMILES string of the molecule is CNC1c2c(F)ccc(Br)c2CSC1(C)C. The van der Waals surface area contributed by atoms with Gasteiger partial charge in [-0.1, -0.05) is 15.9 Å². The van der Waals surface area contributed by atoms with E-state index in [1.165, 1.54) is 0 Å². The first-order valence-corrected chi connectivity index (χ1v) is 7.03. The maximum absolute atomic E-state index is 14.0. The molecule has 88 valence electrons. The van der Waals surface area contributed by atoms with Crippen LogP contribution in [0, 0.1) is 5.82 Å². The fraction of sp³-hybridized carbons (Fsp3) is 0.500. The number of nitrogens with one attached hydrogen (secondary N) is 1. The maximum atomic E-state index is 14.0. The van der Waals surface area contributed by atoms with E-state index in [0.717, 1.165) is 21.4 Å². The van der Waals surface area contributed by atoms with E-state index in [1.807, 2.05) is 18.8 Å². The summed E-state index contributed by atoms with van der Waals surface area (Å²) in [6.45, 7) is 4.31. The first kappa shape index (κ1) is 12.4. The predicted octanol–water partition coefficient (Wildman–Crippen LogP) is 3.87. The monoisotopic (exact) mass is 303 g/mol. The number of benzene rings is 1. The van der Waals surface area contributed by atoms with Crippen LogP contribution in [0.5, 0.6) is 0 Å². The Balaban J connectivity index is 2.61. The van der Waals surface area contributed by atoms with Crippen LogP contribution >= 0.6 is 27.7 Å². The molecule has 0 bridgehead atoms. The summed E-state index contributed by atoms with van der Waals surface area (Å²) in [6, 6.07) is 3.39. The lowest BCUT2D eigenvalue weighted by Crippen LogP contribution is -2.39. The minimum absolute atomic E-state index is 0.0172. The molecule has 0 radical (unpaired) electrons. The Labute approximate surface area is 108 Å². The van der Waals surface area contributed by atoms with Crippen LogP contribution in [0.25, 0.3) is 0 Å². The van der Waals surface area contributed by atoms with Gasteiger partial charge < -0.3 is 5.32 Å². The lowest BCUT2D eigenvalue weighted by atomic mass is 9.91. The van der Waals surface area contributed by atoms with Crippen molar-refractivity contribution in [2.24, 2.45) is 0 Å². The second-order valence-corrected chi connectivity index (χ2v) is 7.02. The van der Waals surface area contributed by atoms with Crippen molar-refractivity contribution in [3.05, 3.63) is 33.5 Å². The Morgan fingerprint density at radius 1 is 1.50 bits per heavy atom. The van der Waals surface area contributed by atoms with Crippen LogP contribution in [0.15, 0.2) is 16.6 Å². The topological polar surface area (TPSA) is 12.0 Å². The van der Waals surface area contributed by atoms with Crippen LogP contribution in [0.4, 0.5) is 4.39 Å². The normalized spacial score (nSPS) is 22.9. The zero-order valence-corrected chi connectivity index (χ0v) is 12.0. The molecule has 0 aromatic heterocycles. The zero-order valence-electron chi connectivity index (χ0n) is 9.60. The van der Waals surface area contributed by atoms with Gasteiger partial charge in [0, 0.05) is 26.6 Å². The molecule has 0 aliphatic carbocycles. The molecule has 0 spiro atoms. The fourth-order valence-corrected chi connectivity index (χ4v) is 4.15. The molecule has 16 heavy (non-hydrogen) atoms. The highest BCUT2D eigenvalue weighted by Crippen LogP contribution is 2.47. The van der Waals surface area contributed by atoms with Crippen LogP contribution in [0.1, 0.15) is 31.0 Å². The van der Waals surface area contributed by atoms with Gasteiger partial charge in [0.25, 0.3) is 0 Å². The third-order valence-corrected chi connectivity index (χ3v) is 5.26. The molecule has 1 aromatic carbocycles. The van der Waals surface area contributed by atoms with Crippen LogP contribution in [0.3, 0.4) is 0 Å².